The number of ketones is 2. The van der Waals surface area contributed by atoms with Crippen molar-refractivity contribution in [2.75, 3.05) is 0 Å². The predicted octanol–water partition coefficient (Wildman–Crippen LogP) is 7.06. The molecule has 204 valence electrons. The second kappa shape index (κ2) is 9.37. The van der Waals surface area contributed by atoms with Gasteiger partial charge >= 0.3 is 5.97 Å². The molecule has 1 unspecified atom stereocenters. The highest BCUT2D eigenvalue weighted by atomic mass is 19.1. The number of rotatable bonds is 3. The Hall–Kier alpha value is -4.39. The minimum Gasteiger partial charge on any atom is -0.507 e. The van der Waals surface area contributed by atoms with Gasteiger partial charge in [0.25, 0.3) is 0 Å². The van der Waals surface area contributed by atoms with Gasteiger partial charge in [0.2, 0.25) is 0 Å². The molecule has 0 saturated heterocycles. The number of carbonyl (C=O) groups is 3. The molecule has 1 atom stereocenters. The predicted molar refractivity (Wildman–Crippen MR) is 150 cm³/mol. The number of halogens is 1. The maximum absolute atomic E-state index is 14.4. The van der Waals surface area contributed by atoms with Gasteiger partial charge in [-0.2, -0.15) is 0 Å². The van der Waals surface area contributed by atoms with E-state index >= 15 is 0 Å². The van der Waals surface area contributed by atoms with Crippen molar-refractivity contribution in [1.29, 1.82) is 0 Å². The summed E-state index contributed by atoms with van der Waals surface area (Å²) in [5.74, 6) is -3.53. The van der Waals surface area contributed by atoms with Crippen molar-refractivity contribution in [1.82, 2.24) is 4.98 Å². The molecule has 7 heteroatoms. The minimum atomic E-state index is -1.28. The van der Waals surface area contributed by atoms with Gasteiger partial charge in [-0.15, -0.1) is 0 Å². The molecular weight excluding hydrogens is 509 g/mol. The van der Waals surface area contributed by atoms with Gasteiger partial charge in [0.15, 0.2) is 17.3 Å². The minimum absolute atomic E-state index is 0.0354. The number of phenols is 1. The number of esters is 1. The van der Waals surface area contributed by atoms with Gasteiger partial charge in [-0.25, -0.2) is 14.2 Å². The van der Waals surface area contributed by atoms with E-state index in [0.29, 0.717) is 16.5 Å². The molecule has 0 amide bonds. The first-order valence-corrected chi connectivity index (χ1v) is 13.0. The fraction of sp³-hybridized carbons (Fsp3) is 0.273. The van der Waals surface area contributed by atoms with Crippen LogP contribution in [-0.4, -0.2) is 27.6 Å². The average Bonchev–Trinajstić information content (AvgIpc) is 3.13. The number of benzene rings is 3. The highest BCUT2D eigenvalue weighted by Crippen LogP contribution is 2.40. The molecule has 4 aromatic rings. The van der Waals surface area contributed by atoms with Crippen LogP contribution in [0.15, 0.2) is 60.7 Å². The van der Waals surface area contributed by atoms with Crippen LogP contribution >= 0.6 is 0 Å². The summed E-state index contributed by atoms with van der Waals surface area (Å²) in [5.41, 5.74) is 0.886. The van der Waals surface area contributed by atoms with Crippen molar-refractivity contribution in [2.45, 2.75) is 58.3 Å². The first kappa shape index (κ1) is 27.2. The van der Waals surface area contributed by atoms with Gasteiger partial charge in [0, 0.05) is 22.1 Å². The number of aromatic nitrogens is 1. The van der Waals surface area contributed by atoms with Crippen molar-refractivity contribution in [3.05, 3.63) is 100.0 Å². The molecule has 0 spiro atoms. The average molecular weight is 540 g/mol. The molecular formula is C33H30FNO5. The summed E-state index contributed by atoms with van der Waals surface area (Å²) in [7, 11) is 0. The Bertz CT molecular complexity index is 1690. The van der Waals surface area contributed by atoms with Gasteiger partial charge < -0.3 is 9.84 Å². The summed E-state index contributed by atoms with van der Waals surface area (Å²) in [6.45, 7) is 11.7. The first-order valence-electron chi connectivity index (χ1n) is 13.0. The fourth-order valence-corrected chi connectivity index (χ4v) is 5.10. The number of Topliss-reactive ketones (excluding diaryl/α,β-unsaturated/α-hetero) is 2. The Labute approximate surface area is 231 Å². The molecule has 0 bridgehead atoms. The molecule has 5 rings (SSSR count). The SMILES string of the molecule is CC(C)(C)c1cc(C(=O)Oc2cccc3ccc(C4C(=O)c5cccc(F)c5C4=O)nc23)cc(C(C)(C)C)c1O. The van der Waals surface area contributed by atoms with E-state index in [1.807, 2.05) is 41.5 Å². The maximum Gasteiger partial charge on any atom is 0.343 e. The normalized spacial score (nSPS) is 15.4. The number of pyridine rings is 1. The molecule has 3 aromatic carbocycles. The molecule has 0 fully saturated rings. The summed E-state index contributed by atoms with van der Waals surface area (Å²) in [4.78, 5) is 44.2. The van der Waals surface area contributed by atoms with Crippen LogP contribution in [0.4, 0.5) is 4.39 Å². The Morgan fingerprint density at radius 1 is 0.875 bits per heavy atom. The third kappa shape index (κ3) is 4.55. The highest BCUT2D eigenvalue weighted by molar-refractivity contribution is 6.29. The number of ether oxygens (including phenoxy) is 1. The molecule has 0 aliphatic heterocycles. The Morgan fingerprint density at radius 2 is 1.50 bits per heavy atom. The van der Waals surface area contributed by atoms with Crippen LogP contribution in [-0.2, 0) is 10.8 Å². The van der Waals surface area contributed by atoms with Crippen LogP contribution in [0, 0.1) is 5.82 Å². The molecule has 6 nitrogen and oxygen atoms in total. The summed E-state index contributed by atoms with van der Waals surface area (Å²) < 4.78 is 20.2. The number of fused-ring (bicyclic) bond motifs is 2. The zero-order valence-electron chi connectivity index (χ0n) is 23.3. The third-order valence-electron chi connectivity index (χ3n) is 7.21. The van der Waals surface area contributed by atoms with Crippen LogP contribution in [0.3, 0.4) is 0 Å². The van der Waals surface area contributed by atoms with Gasteiger partial charge in [-0.1, -0.05) is 71.9 Å². The smallest absolute Gasteiger partial charge is 0.343 e. The Morgan fingerprint density at radius 3 is 2.10 bits per heavy atom. The van der Waals surface area contributed by atoms with Crippen molar-refractivity contribution < 1.29 is 28.6 Å². The van der Waals surface area contributed by atoms with E-state index in [-0.39, 0.29) is 39.4 Å². The van der Waals surface area contributed by atoms with Gasteiger partial charge in [0.1, 0.15) is 23.0 Å². The molecule has 1 aromatic heterocycles. The summed E-state index contributed by atoms with van der Waals surface area (Å²) in [6, 6.07) is 15.6. The lowest BCUT2D eigenvalue weighted by atomic mass is 9.78. The number of phenolic OH excluding ortho intramolecular Hbond substituents is 1. The number of para-hydroxylation sites is 1. The summed E-state index contributed by atoms with van der Waals surface area (Å²) in [6.07, 6.45) is 0. The summed E-state index contributed by atoms with van der Waals surface area (Å²) >= 11 is 0. The number of hydrogen-bond donors (Lipinski definition) is 1. The van der Waals surface area contributed by atoms with E-state index in [1.165, 1.54) is 12.1 Å². The molecule has 1 heterocycles. The third-order valence-corrected chi connectivity index (χ3v) is 7.21. The van der Waals surface area contributed by atoms with Crippen LogP contribution in [0.1, 0.15) is 95.4 Å². The van der Waals surface area contributed by atoms with Crippen molar-refractivity contribution in [3.8, 4) is 11.5 Å². The quantitative estimate of drug-likeness (QED) is 0.170. The molecule has 0 radical (unpaired) electrons. The first-order chi connectivity index (χ1) is 18.7. The monoisotopic (exact) mass is 539 g/mol. The van der Waals surface area contributed by atoms with Crippen LogP contribution in [0.25, 0.3) is 10.9 Å². The maximum atomic E-state index is 14.4. The van der Waals surface area contributed by atoms with Crippen molar-refractivity contribution >= 4 is 28.4 Å². The molecule has 1 N–H and O–H groups in total. The van der Waals surface area contributed by atoms with Crippen LogP contribution in [0.2, 0.25) is 0 Å². The van der Waals surface area contributed by atoms with E-state index in [0.717, 1.165) is 6.07 Å². The van der Waals surface area contributed by atoms with Gasteiger partial charge in [0.05, 0.1) is 16.8 Å². The zero-order valence-corrected chi connectivity index (χ0v) is 23.3. The van der Waals surface area contributed by atoms with E-state index in [4.69, 9.17) is 4.74 Å². The number of aromatic hydroxyl groups is 1. The second-order valence-corrected chi connectivity index (χ2v) is 12.2. The number of hydrogen-bond acceptors (Lipinski definition) is 6. The van der Waals surface area contributed by atoms with E-state index in [1.54, 1.807) is 42.5 Å². The number of nitrogens with zero attached hydrogens (tertiary/aromatic N) is 1. The second-order valence-electron chi connectivity index (χ2n) is 12.2. The van der Waals surface area contributed by atoms with E-state index in [2.05, 4.69) is 4.98 Å². The van der Waals surface area contributed by atoms with Crippen LogP contribution in [0.5, 0.6) is 11.5 Å². The lowest BCUT2D eigenvalue weighted by Gasteiger charge is -2.28. The lowest BCUT2D eigenvalue weighted by Crippen LogP contribution is -2.20. The van der Waals surface area contributed by atoms with E-state index < -0.39 is 40.1 Å². The largest absolute Gasteiger partial charge is 0.507 e. The summed E-state index contributed by atoms with van der Waals surface area (Å²) in [5, 5.41) is 11.6. The topological polar surface area (TPSA) is 93.6 Å². The van der Waals surface area contributed by atoms with Gasteiger partial charge in [-0.3, -0.25) is 9.59 Å². The zero-order chi connectivity index (χ0) is 29.1. The molecule has 40 heavy (non-hydrogen) atoms. The highest BCUT2D eigenvalue weighted by Gasteiger charge is 2.42. The fourth-order valence-electron chi connectivity index (χ4n) is 5.10. The number of carbonyl (C=O) groups excluding carboxylic acids is 3. The lowest BCUT2D eigenvalue weighted by molar-refractivity contribution is 0.0735. The van der Waals surface area contributed by atoms with Crippen molar-refractivity contribution in [2.24, 2.45) is 0 Å². The molecule has 1 aliphatic carbocycles. The van der Waals surface area contributed by atoms with E-state index in [9.17, 15) is 23.9 Å². The van der Waals surface area contributed by atoms with Crippen LogP contribution < -0.4 is 4.74 Å². The van der Waals surface area contributed by atoms with Gasteiger partial charge in [-0.05, 0) is 41.2 Å². The van der Waals surface area contributed by atoms with Crippen molar-refractivity contribution in [3.63, 3.8) is 0 Å². The molecule has 1 aliphatic rings. The Kier molecular flexibility index (Phi) is 6.37. The standard InChI is InChI=1S/C33H30FNO5/c1-32(2,3)20-15-18(16-21(29(20)37)33(4,5)6)31(39)40-24-12-7-9-17-13-14-23(35-27(17)24)26-28(36)19-10-8-11-22(34)25(19)30(26)38/h7-16,26,37H,1-6H3. The Balaban J connectivity index is 1.56. The molecule has 0 saturated carbocycles.